The highest BCUT2D eigenvalue weighted by Crippen LogP contribution is 2.36. The third kappa shape index (κ3) is 11.3. The predicted molar refractivity (Wildman–Crippen MR) is 110 cm³/mol. The summed E-state index contributed by atoms with van der Waals surface area (Å²) in [5.41, 5.74) is 5.42. The Hall–Kier alpha value is -1.37. The van der Waals surface area contributed by atoms with Crippen molar-refractivity contribution in [2.75, 3.05) is 6.61 Å². The number of benzene rings is 1. The van der Waals surface area contributed by atoms with Crippen LogP contribution in [0.25, 0.3) is 0 Å². The lowest BCUT2D eigenvalue weighted by Crippen LogP contribution is -2.42. The Kier molecular flexibility index (Phi) is 9.56. The molecule has 0 aliphatic heterocycles. The van der Waals surface area contributed by atoms with Crippen molar-refractivity contribution in [3.8, 4) is 0 Å². The molecule has 0 saturated heterocycles. The summed E-state index contributed by atoms with van der Waals surface area (Å²) in [6.45, 7) is 16.8. The van der Waals surface area contributed by atoms with Crippen molar-refractivity contribution in [1.29, 1.82) is 0 Å². The zero-order chi connectivity index (χ0) is 20.6. The third-order valence-electron chi connectivity index (χ3n) is 4.16. The molecule has 5 nitrogen and oxygen atoms in total. The molecule has 1 aromatic rings. The van der Waals surface area contributed by atoms with E-state index >= 15 is 0 Å². The van der Waals surface area contributed by atoms with E-state index in [0.29, 0.717) is 13.0 Å². The van der Waals surface area contributed by atoms with Gasteiger partial charge in [0.2, 0.25) is 0 Å². The van der Waals surface area contributed by atoms with Gasteiger partial charge < -0.3 is 20.0 Å². The maximum absolute atomic E-state index is 10.0. The highest BCUT2D eigenvalue weighted by molar-refractivity contribution is 6.74. The van der Waals surface area contributed by atoms with Gasteiger partial charge in [0.1, 0.15) is 5.60 Å². The van der Waals surface area contributed by atoms with Gasteiger partial charge in [0.05, 0.1) is 12.7 Å². The second-order valence-corrected chi connectivity index (χ2v) is 13.8. The fourth-order valence-electron chi connectivity index (χ4n) is 1.77. The number of aliphatic hydroxyl groups is 1. The molecule has 0 unspecified atom stereocenters. The van der Waals surface area contributed by atoms with Gasteiger partial charge in [0.25, 0.3) is 0 Å². The molecule has 0 aromatic heterocycles. The van der Waals surface area contributed by atoms with Gasteiger partial charge in [-0.25, -0.2) is 4.79 Å². The number of hydrogen-bond acceptors (Lipinski definition) is 4. The first-order chi connectivity index (χ1) is 11.6. The summed E-state index contributed by atoms with van der Waals surface area (Å²) in [6.07, 6.45) is -0.478. The van der Waals surface area contributed by atoms with E-state index in [1.54, 1.807) is 20.8 Å². The average molecular weight is 384 g/mol. The molecule has 0 radical (unpaired) electrons. The van der Waals surface area contributed by atoms with Crippen LogP contribution in [0, 0.1) is 0 Å². The molecule has 6 heteroatoms. The van der Waals surface area contributed by atoms with Crippen LogP contribution < -0.4 is 5.73 Å². The second-order valence-electron chi connectivity index (χ2n) is 8.95. The number of carbonyl (C=O) groups excluding carboxylic acids is 1. The van der Waals surface area contributed by atoms with Crippen molar-refractivity contribution in [2.24, 2.45) is 5.73 Å². The number of carbonyl (C=O) groups is 1. The molecule has 0 spiro atoms. The molecule has 1 amide bonds. The van der Waals surface area contributed by atoms with Crippen LogP contribution in [0.3, 0.4) is 0 Å². The quantitative estimate of drug-likeness (QED) is 0.734. The van der Waals surface area contributed by atoms with Crippen LogP contribution in [0.4, 0.5) is 4.79 Å². The molecular weight excluding hydrogens is 346 g/mol. The first kappa shape index (κ1) is 24.6. The molecule has 0 saturated carbocycles. The van der Waals surface area contributed by atoms with Gasteiger partial charge in [-0.05, 0) is 44.5 Å². The average Bonchev–Trinajstić information content (AvgIpc) is 2.43. The largest absolute Gasteiger partial charge is 0.444 e. The van der Waals surface area contributed by atoms with Gasteiger partial charge in [-0.2, -0.15) is 0 Å². The van der Waals surface area contributed by atoms with E-state index in [0.717, 1.165) is 5.56 Å². The maximum Gasteiger partial charge on any atom is 0.405 e. The minimum Gasteiger partial charge on any atom is -0.444 e. The van der Waals surface area contributed by atoms with Crippen molar-refractivity contribution >= 4 is 14.4 Å². The number of rotatable bonds is 5. The van der Waals surface area contributed by atoms with Crippen molar-refractivity contribution in [1.82, 2.24) is 0 Å². The van der Waals surface area contributed by atoms with Crippen molar-refractivity contribution < 1.29 is 19.1 Å². The van der Waals surface area contributed by atoms with Gasteiger partial charge in [0.15, 0.2) is 8.32 Å². The minimum absolute atomic E-state index is 0.194. The van der Waals surface area contributed by atoms with Crippen molar-refractivity contribution in [3.05, 3.63) is 35.9 Å². The van der Waals surface area contributed by atoms with Gasteiger partial charge in [-0.1, -0.05) is 51.1 Å². The Labute approximate surface area is 160 Å². The van der Waals surface area contributed by atoms with E-state index < -0.39 is 26.1 Å². The summed E-state index contributed by atoms with van der Waals surface area (Å²) in [5, 5.41) is 10.2. The monoisotopic (exact) mass is 383 g/mol. The van der Waals surface area contributed by atoms with Crippen LogP contribution in [0.5, 0.6) is 0 Å². The zero-order valence-electron chi connectivity index (χ0n) is 17.6. The number of ether oxygens (including phenoxy) is 1. The van der Waals surface area contributed by atoms with Crippen molar-refractivity contribution in [2.45, 2.75) is 77.8 Å². The summed E-state index contributed by atoms with van der Waals surface area (Å²) in [4.78, 5) is 10.0. The van der Waals surface area contributed by atoms with Crippen LogP contribution in [0.15, 0.2) is 30.3 Å². The molecule has 0 bridgehead atoms. The fourth-order valence-corrected chi connectivity index (χ4v) is 2.81. The Morgan fingerprint density at radius 3 is 1.96 bits per heavy atom. The Bertz CT molecular complexity index is 533. The smallest absolute Gasteiger partial charge is 0.405 e. The van der Waals surface area contributed by atoms with Crippen molar-refractivity contribution in [3.63, 3.8) is 0 Å². The molecule has 0 aliphatic rings. The summed E-state index contributed by atoms with van der Waals surface area (Å²) in [7, 11) is -1.74. The van der Waals surface area contributed by atoms with Gasteiger partial charge >= 0.3 is 6.09 Å². The van der Waals surface area contributed by atoms with Gasteiger partial charge in [-0.15, -0.1) is 0 Å². The highest BCUT2D eigenvalue weighted by atomic mass is 28.4. The molecule has 0 aliphatic carbocycles. The van der Waals surface area contributed by atoms with Gasteiger partial charge in [0, 0.05) is 6.42 Å². The number of primary amides is 1. The number of hydrogen-bond donors (Lipinski definition) is 2. The van der Waals surface area contributed by atoms with E-state index in [4.69, 9.17) is 10.2 Å². The summed E-state index contributed by atoms with van der Waals surface area (Å²) >= 11 is 0. The highest BCUT2D eigenvalue weighted by Gasteiger charge is 2.37. The number of amides is 1. The van der Waals surface area contributed by atoms with E-state index in [1.807, 2.05) is 30.3 Å². The number of nitrogens with two attached hydrogens (primary N) is 1. The van der Waals surface area contributed by atoms with E-state index in [9.17, 15) is 9.90 Å². The molecule has 1 rings (SSSR count). The van der Waals surface area contributed by atoms with Crippen LogP contribution in [0.2, 0.25) is 18.1 Å². The van der Waals surface area contributed by atoms with E-state index in [-0.39, 0.29) is 5.04 Å². The SMILES string of the molecule is CC(C)(C)OC(N)=O.CC(C)(C)[Si](C)(C)OC[C@@H](O)Cc1ccccc1. The molecule has 3 N–H and O–H groups in total. The lowest BCUT2D eigenvalue weighted by molar-refractivity contribution is 0.0600. The number of aliphatic hydroxyl groups excluding tert-OH is 1. The van der Waals surface area contributed by atoms with Crippen LogP contribution in [-0.4, -0.2) is 37.8 Å². The van der Waals surface area contributed by atoms with E-state index in [1.165, 1.54) is 0 Å². The second kappa shape index (κ2) is 10.1. The lowest BCUT2D eigenvalue weighted by atomic mass is 10.1. The van der Waals surface area contributed by atoms with Crippen LogP contribution >= 0.6 is 0 Å². The molecule has 1 atom stereocenters. The molecule has 150 valence electrons. The first-order valence-electron chi connectivity index (χ1n) is 8.98. The topological polar surface area (TPSA) is 81.8 Å². The summed E-state index contributed by atoms with van der Waals surface area (Å²) in [6, 6.07) is 10.1. The normalized spacial score (nSPS) is 13.4. The Balaban J connectivity index is 0.000000660. The van der Waals surface area contributed by atoms with Gasteiger partial charge in [-0.3, -0.25) is 0 Å². The minimum atomic E-state index is -1.74. The molecular formula is C20H37NO4Si. The Morgan fingerprint density at radius 1 is 1.12 bits per heavy atom. The van der Waals surface area contributed by atoms with Crippen LogP contribution in [-0.2, 0) is 15.6 Å². The Morgan fingerprint density at radius 2 is 1.62 bits per heavy atom. The molecule has 1 aromatic carbocycles. The zero-order valence-corrected chi connectivity index (χ0v) is 18.6. The van der Waals surface area contributed by atoms with Crippen LogP contribution in [0.1, 0.15) is 47.1 Å². The summed E-state index contributed by atoms with van der Waals surface area (Å²) in [5.74, 6) is 0. The predicted octanol–water partition coefficient (Wildman–Crippen LogP) is 4.49. The van der Waals surface area contributed by atoms with E-state index in [2.05, 4.69) is 38.6 Å². The molecule has 26 heavy (non-hydrogen) atoms. The maximum atomic E-state index is 10.0. The molecule has 0 heterocycles. The standard InChI is InChI=1S/C15H26O2Si.C5H11NO2/c1-15(2,3)18(4,5)17-12-14(16)11-13-9-7-6-8-10-13;1-5(2,3)8-4(6)7/h6-10,14,16H,11-12H2,1-5H3;1-3H3,(H2,6,7)/t14-;/m0./s1. The first-order valence-corrected chi connectivity index (χ1v) is 11.9. The molecule has 0 fully saturated rings. The third-order valence-corrected chi connectivity index (χ3v) is 8.66. The summed E-state index contributed by atoms with van der Waals surface area (Å²) < 4.78 is 10.6. The fraction of sp³-hybridized carbons (Fsp3) is 0.650. The lowest BCUT2D eigenvalue weighted by Gasteiger charge is -2.36.